The number of hydrogen-bond donors (Lipinski definition) is 1. The van der Waals surface area contributed by atoms with Crippen LogP contribution in [-0.2, 0) is 4.79 Å². The first-order valence-electron chi connectivity index (χ1n) is 5.12. The normalized spacial score (nSPS) is 11.5. The highest BCUT2D eigenvalue weighted by atomic mass is 19.2. The van der Waals surface area contributed by atoms with Gasteiger partial charge in [0.1, 0.15) is 5.57 Å². The van der Waals surface area contributed by atoms with Gasteiger partial charge < -0.3 is 5.11 Å². The molecule has 0 aliphatic rings. The minimum atomic E-state index is -2.16. The first-order valence-corrected chi connectivity index (χ1v) is 5.12. The highest BCUT2D eigenvalue weighted by Gasteiger charge is 2.27. The van der Waals surface area contributed by atoms with Crippen molar-refractivity contribution in [1.82, 2.24) is 0 Å². The Morgan fingerprint density at radius 1 is 1.16 bits per heavy atom. The van der Waals surface area contributed by atoms with Crippen molar-refractivity contribution in [3.05, 3.63) is 46.5 Å². The zero-order valence-corrected chi connectivity index (χ0v) is 9.64. The van der Waals surface area contributed by atoms with Gasteiger partial charge in [-0.05, 0) is 12.5 Å². The van der Waals surface area contributed by atoms with E-state index in [0.717, 1.165) is 6.08 Å². The molecule has 19 heavy (non-hydrogen) atoms. The molecule has 0 aromatic heterocycles. The molecule has 0 heterocycles. The van der Waals surface area contributed by atoms with Crippen LogP contribution in [0.3, 0.4) is 0 Å². The fourth-order valence-electron chi connectivity index (χ4n) is 1.36. The van der Waals surface area contributed by atoms with Crippen molar-refractivity contribution in [1.29, 1.82) is 0 Å². The van der Waals surface area contributed by atoms with Gasteiger partial charge >= 0.3 is 5.97 Å². The fraction of sp³-hybridized carbons (Fsp3) is 0.167. The summed E-state index contributed by atoms with van der Waals surface area (Å²) in [5, 5.41) is 8.75. The molecule has 0 saturated heterocycles. The Hall–Kier alpha value is -2.18. The van der Waals surface area contributed by atoms with Crippen molar-refractivity contribution in [2.45, 2.75) is 13.3 Å². The second-order valence-electron chi connectivity index (χ2n) is 3.51. The molecule has 1 rings (SSSR count). The highest BCUT2D eigenvalue weighted by Crippen LogP contribution is 2.21. The van der Waals surface area contributed by atoms with E-state index in [9.17, 15) is 27.2 Å². The van der Waals surface area contributed by atoms with Gasteiger partial charge in [-0.25, -0.2) is 22.4 Å². The maximum Gasteiger partial charge on any atom is 0.339 e. The van der Waals surface area contributed by atoms with E-state index in [1.807, 2.05) is 0 Å². The van der Waals surface area contributed by atoms with E-state index in [2.05, 4.69) is 0 Å². The molecule has 0 atom stereocenters. The van der Waals surface area contributed by atoms with Crippen molar-refractivity contribution in [2.24, 2.45) is 0 Å². The number of Topliss-reactive ketones (excluding diaryl/α,β-unsaturated/α-hetero) is 1. The Bertz CT molecular complexity index is 579. The van der Waals surface area contributed by atoms with Gasteiger partial charge in [-0.2, -0.15) is 0 Å². The van der Waals surface area contributed by atoms with Crippen molar-refractivity contribution in [3.8, 4) is 0 Å². The summed E-state index contributed by atoms with van der Waals surface area (Å²) in [4.78, 5) is 22.4. The van der Waals surface area contributed by atoms with Crippen molar-refractivity contribution in [3.63, 3.8) is 0 Å². The molecule has 1 aromatic rings. The Balaban J connectivity index is 3.43. The smallest absolute Gasteiger partial charge is 0.339 e. The lowest BCUT2D eigenvalue weighted by Crippen LogP contribution is -2.16. The van der Waals surface area contributed by atoms with E-state index in [0.29, 0.717) is 0 Å². The molecule has 102 valence electrons. The van der Waals surface area contributed by atoms with Crippen LogP contribution in [-0.4, -0.2) is 16.9 Å². The zero-order valence-electron chi connectivity index (χ0n) is 9.64. The number of rotatable bonds is 4. The summed E-state index contributed by atoms with van der Waals surface area (Å²) in [6.45, 7) is 1.51. The number of ketones is 1. The van der Waals surface area contributed by atoms with E-state index >= 15 is 0 Å². The molecule has 0 spiro atoms. The third-order valence-corrected chi connectivity index (χ3v) is 2.23. The molecular formula is C12H8F4O3. The molecule has 0 aliphatic carbocycles. The number of hydrogen-bond acceptors (Lipinski definition) is 2. The van der Waals surface area contributed by atoms with E-state index in [1.54, 1.807) is 0 Å². The Morgan fingerprint density at radius 3 is 2.21 bits per heavy atom. The summed E-state index contributed by atoms with van der Waals surface area (Å²) >= 11 is 0. The Kier molecular flexibility index (Phi) is 4.42. The molecule has 3 nitrogen and oxygen atoms in total. The van der Waals surface area contributed by atoms with Gasteiger partial charge in [-0.1, -0.05) is 13.0 Å². The van der Waals surface area contributed by atoms with Gasteiger partial charge in [0, 0.05) is 0 Å². The number of benzene rings is 1. The maximum absolute atomic E-state index is 13.3. The summed E-state index contributed by atoms with van der Waals surface area (Å²) in [5.41, 5.74) is -2.01. The van der Waals surface area contributed by atoms with E-state index < -0.39 is 46.2 Å². The van der Waals surface area contributed by atoms with Crippen LogP contribution in [0.25, 0.3) is 0 Å². The number of carboxylic acid groups (broad SMARTS) is 1. The third-order valence-electron chi connectivity index (χ3n) is 2.23. The Labute approximate surface area is 105 Å². The second-order valence-corrected chi connectivity index (χ2v) is 3.51. The average molecular weight is 276 g/mol. The lowest BCUT2D eigenvalue weighted by molar-refractivity contribution is -0.132. The summed E-state index contributed by atoms with van der Waals surface area (Å²) in [6, 6.07) is 0.127. The predicted octanol–water partition coefficient (Wildman–Crippen LogP) is 2.85. The van der Waals surface area contributed by atoms with Crippen LogP contribution in [0.2, 0.25) is 0 Å². The standard InChI is InChI=1S/C12H8F4O3/c1-2-3-5(12(18)19)11(17)6-4-7(13)9(15)10(16)8(6)14/h3-4H,2H2,1H3,(H,18,19). The maximum atomic E-state index is 13.3. The summed E-state index contributed by atoms with van der Waals surface area (Å²) in [5.74, 6) is -11.0. The monoisotopic (exact) mass is 276 g/mol. The molecule has 0 saturated carbocycles. The van der Waals surface area contributed by atoms with E-state index in [-0.39, 0.29) is 12.5 Å². The van der Waals surface area contributed by atoms with Gasteiger partial charge in [0.05, 0.1) is 5.56 Å². The van der Waals surface area contributed by atoms with Gasteiger partial charge in [-0.3, -0.25) is 4.79 Å². The second kappa shape index (κ2) is 5.64. The molecule has 0 aliphatic heterocycles. The van der Waals surface area contributed by atoms with Crippen LogP contribution >= 0.6 is 0 Å². The Morgan fingerprint density at radius 2 is 1.74 bits per heavy atom. The molecule has 7 heteroatoms. The molecule has 1 N–H and O–H groups in total. The van der Waals surface area contributed by atoms with E-state index in [1.165, 1.54) is 6.92 Å². The summed E-state index contributed by atoms with van der Waals surface area (Å²) in [6.07, 6.45) is 1.10. The van der Waals surface area contributed by atoms with Crippen LogP contribution < -0.4 is 0 Å². The lowest BCUT2D eigenvalue weighted by Gasteiger charge is -2.05. The number of carbonyl (C=O) groups excluding carboxylic acids is 1. The van der Waals surface area contributed by atoms with Gasteiger partial charge in [0.15, 0.2) is 23.3 Å². The number of allylic oxidation sites excluding steroid dienone is 1. The minimum Gasteiger partial charge on any atom is -0.478 e. The molecule has 0 bridgehead atoms. The van der Waals surface area contributed by atoms with Gasteiger partial charge in [0.25, 0.3) is 0 Å². The quantitative estimate of drug-likeness (QED) is 0.175. The van der Waals surface area contributed by atoms with Crippen molar-refractivity contribution < 1.29 is 32.3 Å². The zero-order chi connectivity index (χ0) is 14.7. The fourth-order valence-corrected chi connectivity index (χ4v) is 1.36. The van der Waals surface area contributed by atoms with Crippen molar-refractivity contribution >= 4 is 11.8 Å². The largest absolute Gasteiger partial charge is 0.478 e. The molecule has 0 unspecified atom stereocenters. The topological polar surface area (TPSA) is 54.4 Å². The van der Waals surface area contributed by atoms with Crippen LogP contribution in [0.4, 0.5) is 17.6 Å². The van der Waals surface area contributed by atoms with Crippen LogP contribution in [0.1, 0.15) is 23.7 Å². The van der Waals surface area contributed by atoms with Gasteiger partial charge in [-0.15, -0.1) is 0 Å². The lowest BCUT2D eigenvalue weighted by atomic mass is 10.0. The summed E-state index contributed by atoms with van der Waals surface area (Å²) in [7, 11) is 0. The van der Waals surface area contributed by atoms with Gasteiger partial charge in [0.2, 0.25) is 5.78 Å². The first-order chi connectivity index (χ1) is 8.81. The molecule has 1 aromatic carbocycles. The minimum absolute atomic E-state index is 0.127. The molecule has 0 amide bonds. The SMILES string of the molecule is CCC=C(C(=O)O)C(=O)c1cc(F)c(F)c(F)c1F. The van der Waals surface area contributed by atoms with Crippen LogP contribution in [0.15, 0.2) is 17.7 Å². The molecule has 0 fully saturated rings. The first kappa shape index (κ1) is 14.9. The number of aliphatic carboxylic acids is 1. The number of halogens is 4. The van der Waals surface area contributed by atoms with Crippen LogP contribution in [0, 0.1) is 23.3 Å². The third kappa shape index (κ3) is 2.81. The van der Waals surface area contributed by atoms with Crippen molar-refractivity contribution in [2.75, 3.05) is 0 Å². The van der Waals surface area contributed by atoms with Crippen LogP contribution in [0.5, 0.6) is 0 Å². The molecular weight excluding hydrogens is 268 g/mol. The van der Waals surface area contributed by atoms with E-state index in [4.69, 9.17) is 5.11 Å². The number of carboxylic acids is 1. The average Bonchev–Trinajstić information content (AvgIpc) is 2.36. The summed E-state index contributed by atoms with van der Waals surface area (Å²) < 4.78 is 51.9. The highest BCUT2D eigenvalue weighted by molar-refractivity contribution is 6.23. The predicted molar refractivity (Wildman–Crippen MR) is 56.6 cm³/mol. The molecule has 0 radical (unpaired) electrons. The number of carbonyl (C=O) groups is 2.